The van der Waals surface area contributed by atoms with Gasteiger partial charge in [-0.2, -0.15) is 0 Å². The van der Waals surface area contributed by atoms with Crippen molar-refractivity contribution in [3.05, 3.63) is 29.8 Å². The molecule has 0 fully saturated rings. The summed E-state index contributed by atoms with van der Waals surface area (Å²) in [4.78, 5) is 0. The van der Waals surface area contributed by atoms with Gasteiger partial charge in [-0.1, -0.05) is 24.3 Å². The first-order chi connectivity index (χ1) is 9.69. The molecule has 20 heavy (non-hydrogen) atoms. The van der Waals surface area contributed by atoms with Gasteiger partial charge in [0.2, 0.25) is 0 Å². The van der Waals surface area contributed by atoms with E-state index < -0.39 is 0 Å². The highest BCUT2D eigenvalue weighted by Crippen LogP contribution is 2.32. The zero-order valence-electron chi connectivity index (χ0n) is 12.8. The number of nitrogens with one attached hydrogen (secondary N) is 1. The minimum atomic E-state index is 0.110. The van der Waals surface area contributed by atoms with Gasteiger partial charge >= 0.3 is 0 Å². The van der Waals surface area contributed by atoms with Crippen LogP contribution in [0.25, 0.3) is 6.08 Å². The standard InChI is InChI=1S/C16H25NO3/c1-13(2)20-16-14(7-5-9-15(16)19-4)8-6-10-17-11-12-18-3/h5-9,13,17H,10-12H2,1-4H3. The van der Waals surface area contributed by atoms with Crippen molar-refractivity contribution in [3.63, 3.8) is 0 Å². The fourth-order valence-electron chi connectivity index (χ4n) is 1.73. The molecule has 0 radical (unpaired) electrons. The van der Waals surface area contributed by atoms with Gasteiger partial charge in [-0.15, -0.1) is 0 Å². The molecule has 0 aliphatic rings. The predicted octanol–water partition coefficient (Wildman–Crippen LogP) is 2.73. The lowest BCUT2D eigenvalue weighted by Gasteiger charge is -2.15. The van der Waals surface area contributed by atoms with Gasteiger partial charge in [0.1, 0.15) is 0 Å². The lowest BCUT2D eigenvalue weighted by atomic mass is 10.1. The van der Waals surface area contributed by atoms with E-state index in [4.69, 9.17) is 14.2 Å². The highest BCUT2D eigenvalue weighted by molar-refractivity contribution is 5.62. The number of methoxy groups -OCH3 is 2. The number of hydrogen-bond acceptors (Lipinski definition) is 4. The van der Waals surface area contributed by atoms with Crippen molar-refractivity contribution in [2.24, 2.45) is 0 Å². The second kappa shape index (κ2) is 9.39. The molecule has 0 saturated heterocycles. The van der Waals surface area contributed by atoms with Crippen LogP contribution in [0.4, 0.5) is 0 Å². The summed E-state index contributed by atoms with van der Waals surface area (Å²) in [6, 6.07) is 5.89. The van der Waals surface area contributed by atoms with Gasteiger partial charge in [-0.3, -0.25) is 0 Å². The normalized spacial score (nSPS) is 11.2. The van der Waals surface area contributed by atoms with E-state index in [2.05, 4.69) is 11.4 Å². The van der Waals surface area contributed by atoms with Gasteiger partial charge in [0.05, 0.1) is 19.8 Å². The Morgan fingerprint density at radius 2 is 2.05 bits per heavy atom. The van der Waals surface area contributed by atoms with Gasteiger partial charge < -0.3 is 19.5 Å². The Balaban J connectivity index is 2.70. The third-order valence-electron chi connectivity index (χ3n) is 2.63. The minimum absolute atomic E-state index is 0.110. The molecule has 0 aliphatic heterocycles. The molecule has 4 nitrogen and oxygen atoms in total. The van der Waals surface area contributed by atoms with Crippen LogP contribution in [0.15, 0.2) is 24.3 Å². The molecule has 0 aromatic heterocycles. The SMILES string of the molecule is COCCNCC=Cc1cccc(OC)c1OC(C)C. The topological polar surface area (TPSA) is 39.7 Å². The van der Waals surface area contributed by atoms with Crippen molar-refractivity contribution >= 4 is 6.08 Å². The molecular weight excluding hydrogens is 254 g/mol. The summed E-state index contributed by atoms with van der Waals surface area (Å²) < 4.78 is 16.2. The number of hydrogen-bond donors (Lipinski definition) is 1. The third kappa shape index (κ3) is 5.63. The smallest absolute Gasteiger partial charge is 0.168 e. The van der Waals surface area contributed by atoms with Crippen LogP contribution in [0.2, 0.25) is 0 Å². The van der Waals surface area contributed by atoms with Crippen molar-refractivity contribution in [1.29, 1.82) is 0 Å². The summed E-state index contributed by atoms with van der Waals surface area (Å²) in [5.74, 6) is 1.55. The van der Waals surface area contributed by atoms with Crippen LogP contribution >= 0.6 is 0 Å². The molecule has 0 unspecified atom stereocenters. The molecule has 1 aromatic rings. The minimum Gasteiger partial charge on any atom is -0.493 e. The number of ether oxygens (including phenoxy) is 3. The first-order valence-corrected chi connectivity index (χ1v) is 6.89. The van der Waals surface area contributed by atoms with Gasteiger partial charge in [-0.25, -0.2) is 0 Å². The number of rotatable bonds is 9. The van der Waals surface area contributed by atoms with E-state index in [-0.39, 0.29) is 6.10 Å². The number of para-hydroxylation sites is 1. The molecule has 0 atom stereocenters. The Bertz CT molecular complexity index is 416. The van der Waals surface area contributed by atoms with Crippen molar-refractivity contribution in [2.45, 2.75) is 20.0 Å². The summed E-state index contributed by atoms with van der Waals surface area (Å²) in [6.45, 7) is 6.36. The largest absolute Gasteiger partial charge is 0.493 e. The van der Waals surface area contributed by atoms with E-state index in [1.54, 1.807) is 14.2 Å². The van der Waals surface area contributed by atoms with Crippen molar-refractivity contribution in [1.82, 2.24) is 5.32 Å². The monoisotopic (exact) mass is 279 g/mol. The van der Waals surface area contributed by atoms with E-state index in [0.717, 1.165) is 30.2 Å². The summed E-state index contributed by atoms with van der Waals surface area (Å²) in [6.07, 6.45) is 4.22. The average molecular weight is 279 g/mol. The van der Waals surface area contributed by atoms with Gasteiger partial charge in [0.15, 0.2) is 11.5 Å². The van der Waals surface area contributed by atoms with E-state index in [1.807, 2.05) is 38.1 Å². The Morgan fingerprint density at radius 3 is 2.70 bits per heavy atom. The van der Waals surface area contributed by atoms with Crippen LogP contribution < -0.4 is 14.8 Å². The second-order valence-corrected chi connectivity index (χ2v) is 4.64. The van der Waals surface area contributed by atoms with Crippen molar-refractivity contribution in [3.8, 4) is 11.5 Å². The second-order valence-electron chi connectivity index (χ2n) is 4.64. The lowest BCUT2D eigenvalue weighted by molar-refractivity contribution is 0.200. The van der Waals surface area contributed by atoms with Gasteiger partial charge in [0, 0.05) is 25.8 Å². The zero-order chi connectivity index (χ0) is 14.8. The van der Waals surface area contributed by atoms with Crippen LogP contribution in [-0.2, 0) is 4.74 Å². The van der Waals surface area contributed by atoms with Gasteiger partial charge in [0.25, 0.3) is 0 Å². The van der Waals surface area contributed by atoms with E-state index >= 15 is 0 Å². The van der Waals surface area contributed by atoms with Gasteiger partial charge in [-0.05, 0) is 19.9 Å². The first kappa shape index (κ1) is 16.5. The summed E-state index contributed by atoms with van der Waals surface area (Å²) >= 11 is 0. The Hall–Kier alpha value is -1.52. The summed E-state index contributed by atoms with van der Waals surface area (Å²) in [5.41, 5.74) is 1.02. The molecular formula is C16H25NO3. The van der Waals surface area contributed by atoms with Crippen LogP contribution in [0.1, 0.15) is 19.4 Å². The third-order valence-corrected chi connectivity index (χ3v) is 2.63. The summed E-state index contributed by atoms with van der Waals surface area (Å²) in [7, 11) is 3.35. The zero-order valence-corrected chi connectivity index (χ0v) is 12.8. The maximum absolute atomic E-state index is 5.85. The molecule has 0 saturated carbocycles. The molecule has 0 aliphatic carbocycles. The summed E-state index contributed by atoms with van der Waals surface area (Å²) in [5, 5.41) is 3.26. The molecule has 0 spiro atoms. The highest BCUT2D eigenvalue weighted by atomic mass is 16.5. The fraction of sp³-hybridized carbons (Fsp3) is 0.500. The predicted molar refractivity (Wildman–Crippen MR) is 82.5 cm³/mol. The van der Waals surface area contributed by atoms with Crippen LogP contribution in [0.3, 0.4) is 0 Å². The Labute approximate surface area is 121 Å². The molecule has 112 valence electrons. The van der Waals surface area contributed by atoms with Crippen molar-refractivity contribution in [2.75, 3.05) is 33.9 Å². The Morgan fingerprint density at radius 1 is 1.25 bits per heavy atom. The first-order valence-electron chi connectivity index (χ1n) is 6.89. The molecule has 1 N–H and O–H groups in total. The van der Waals surface area contributed by atoms with Crippen LogP contribution in [-0.4, -0.2) is 40.0 Å². The van der Waals surface area contributed by atoms with Crippen molar-refractivity contribution < 1.29 is 14.2 Å². The lowest BCUT2D eigenvalue weighted by Crippen LogP contribution is -2.18. The maximum atomic E-state index is 5.85. The Kier molecular flexibility index (Phi) is 7.77. The average Bonchev–Trinajstić information content (AvgIpc) is 2.43. The molecule has 0 heterocycles. The van der Waals surface area contributed by atoms with E-state index in [1.165, 1.54) is 0 Å². The quantitative estimate of drug-likeness (QED) is 0.706. The maximum Gasteiger partial charge on any atom is 0.168 e. The molecule has 0 amide bonds. The number of benzene rings is 1. The van der Waals surface area contributed by atoms with Crippen LogP contribution in [0, 0.1) is 0 Å². The molecule has 0 bridgehead atoms. The van der Waals surface area contributed by atoms with E-state index in [0.29, 0.717) is 6.61 Å². The van der Waals surface area contributed by atoms with Crippen LogP contribution in [0.5, 0.6) is 11.5 Å². The molecule has 1 rings (SSSR count). The van der Waals surface area contributed by atoms with E-state index in [9.17, 15) is 0 Å². The molecule has 1 aromatic carbocycles. The molecule has 4 heteroatoms. The highest BCUT2D eigenvalue weighted by Gasteiger charge is 2.09. The fourth-order valence-corrected chi connectivity index (χ4v) is 1.73.